The Morgan fingerprint density at radius 3 is 2.10 bits per heavy atom. The van der Waals surface area contributed by atoms with Gasteiger partial charge in [0.2, 0.25) is 0 Å². The van der Waals surface area contributed by atoms with Gasteiger partial charge in [0.1, 0.15) is 24.9 Å². The van der Waals surface area contributed by atoms with Crippen molar-refractivity contribution in [1.82, 2.24) is 0 Å². The quantitative estimate of drug-likeness (QED) is 0.102. The fourth-order valence-electron chi connectivity index (χ4n) is 3.50. The summed E-state index contributed by atoms with van der Waals surface area (Å²) in [6, 6.07) is 0. The summed E-state index contributed by atoms with van der Waals surface area (Å²) in [4.78, 5) is 32.5. The maximum absolute atomic E-state index is 11.1. The lowest BCUT2D eigenvalue weighted by Gasteiger charge is -2.34. The Morgan fingerprint density at radius 1 is 0.905 bits per heavy atom. The number of aliphatic hydroxyl groups is 1. The molecule has 5 atom stereocenters. The van der Waals surface area contributed by atoms with E-state index >= 15 is 0 Å². The number of hydrogen-bond donors (Lipinski definition) is 1. The first kappa shape index (κ1) is 42.1. The molecule has 1 N–H and O–H groups in total. The number of aliphatic hydroxyl groups excluding tert-OH is 1. The average molecular weight is 613 g/mol. The summed E-state index contributed by atoms with van der Waals surface area (Å²) in [6.45, 7) is 16.7. The molecule has 0 radical (unpaired) electrons. The summed E-state index contributed by atoms with van der Waals surface area (Å²) in [5, 5.41) is 10.7. The summed E-state index contributed by atoms with van der Waals surface area (Å²) >= 11 is 0. The molecule has 0 saturated carbocycles. The third-order valence-electron chi connectivity index (χ3n) is 6.31. The van der Waals surface area contributed by atoms with E-state index in [9.17, 15) is 19.5 Å². The van der Waals surface area contributed by atoms with Gasteiger partial charge in [0, 0.05) is 20.1 Å². The zero-order chi connectivity index (χ0) is 32.6. The van der Waals surface area contributed by atoms with Gasteiger partial charge in [-0.25, -0.2) is 4.79 Å². The largest absolute Gasteiger partial charge is 0.508 e. The van der Waals surface area contributed by atoms with Gasteiger partial charge in [-0.15, -0.1) is 0 Å². The number of rotatable bonds is 23. The van der Waals surface area contributed by atoms with E-state index in [0.29, 0.717) is 25.8 Å². The minimum atomic E-state index is -0.976. The molecule has 0 bridgehead atoms. The molecule has 0 aromatic heterocycles. The smallest absolute Gasteiger partial charge is 0.465 e. The van der Waals surface area contributed by atoms with Crippen LogP contribution in [0.15, 0.2) is 0 Å². The SMILES string of the molecule is CC.CC.COCC(OC=O)C(C)(C)OCC(CCC(COC=O)OC)COCC(O)C(C)(C)OCC1COC(=O)O1. The zero-order valence-corrected chi connectivity index (χ0v) is 27.3. The lowest BCUT2D eigenvalue weighted by Crippen LogP contribution is -2.45. The normalized spacial score (nSPS) is 17.6. The van der Waals surface area contributed by atoms with Gasteiger partial charge in [0.15, 0.2) is 12.2 Å². The third kappa shape index (κ3) is 17.8. The first-order valence-electron chi connectivity index (χ1n) is 14.5. The molecule has 0 aromatic carbocycles. The molecule has 1 saturated heterocycles. The number of methoxy groups -OCH3 is 2. The molecule has 5 unspecified atom stereocenters. The van der Waals surface area contributed by atoms with Gasteiger partial charge in [-0.3, -0.25) is 9.59 Å². The minimum Gasteiger partial charge on any atom is -0.465 e. The van der Waals surface area contributed by atoms with Crippen molar-refractivity contribution in [2.24, 2.45) is 5.92 Å². The molecule has 250 valence electrons. The number of ether oxygens (including phenoxy) is 9. The molecule has 1 fully saturated rings. The third-order valence-corrected chi connectivity index (χ3v) is 6.31. The Hall–Kier alpha value is -2.03. The van der Waals surface area contributed by atoms with Crippen LogP contribution in [0.5, 0.6) is 0 Å². The van der Waals surface area contributed by atoms with E-state index in [0.717, 1.165) is 0 Å². The highest BCUT2D eigenvalue weighted by molar-refractivity contribution is 5.61. The van der Waals surface area contributed by atoms with Crippen molar-refractivity contribution in [3.05, 3.63) is 0 Å². The van der Waals surface area contributed by atoms with Crippen molar-refractivity contribution >= 4 is 19.1 Å². The van der Waals surface area contributed by atoms with E-state index in [1.165, 1.54) is 14.2 Å². The molecule has 13 nitrogen and oxygen atoms in total. The van der Waals surface area contributed by atoms with Gasteiger partial charge in [-0.1, -0.05) is 27.7 Å². The van der Waals surface area contributed by atoms with Crippen LogP contribution in [0.3, 0.4) is 0 Å². The van der Waals surface area contributed by atoms with E-state index in [1.807, 2.05) is 27.7 Å². The molecule has 1 heterocycles. The fraction of sp³-hybridized carbons (Fsp3) is 0.897. The molecule has 1 aliphatic heterocycles. The Kier molecular flexibility index (Phi) is 24.5. The highest BCUT2D eigenvalue weighted by Gasteiger charge is 2.35. The van der Waals surface area contributed by atoms with Gasteiger partial charge < -0.3 is 47.7 Å². The molecule has 0 aliphatic carbocycles. The summed E-state index contributed by atoms with van der Waals surface area (Å²) in [7, 11) is 3.04. The van der Waals surface area contributed by atoms with Crippen LogP contribution in [0.2, 0.25) is 0 Å². The predicted octanol–water partition coefficient (Wildman–Crippen LogP) is 3.31. The number of cyclic esters (lactones) is 2. The summed E-state index contributed by atoms with van der Waals surface area (Å²) in [5.74, 6) is -0.131. The highest BCUT2D eigenvalue weighted by Crippen LogP contribution is 2.23. The van der Waals surface area contributed by atoms with E-state index < -0.39 is 35.7 Å². The topological polar surface area (TPSA) is 155 Å². The molecule has 13 heteroatoms. The molecule has 1 aliphatic rings. The van der Waals surface area contributed by atoms with Crippen LogP contribution in [-0.4, -0.2) is 120 Å². The first-order valence-corrected chi connectivity index (χ1v) is 14.5. The second-order valence-corrected chi connectivity index (χ2v) is 10.1. The minimum absolute atomic E-state index is 0.0175. The van der Waals surface area contributed by atoms with Gasteiger partial charge in [-0.2, -0.15) is 0 Å². The highest BCUT2D eigenvalue weighted by atomic mass is 16.8. The molecule has 42 heavy (non-hydrogen) atoms. The molecule has 1 rings (SSSR count). The van der Waals surface area contributed by atoms with Crippen LogP contribution in [0, 0.1) is 5.92 Å². The number of carbonyl (C=O) groups is 3. The van der Waals surface area contributed by atoms with Crippen molar-refractivity contribution in [3.8, 4) is 0 Å². The van der Waals surface area contributed by atoms with Gasteiger partial charge in [0.25, 0.3) is 12.9 Å². The molecular formula is C29H56O13. The van der Waals surface area contributed by atoms with Crippen LogP contribution in [0.1, 0.15) is 68.2 Å². The van der Waals surface area contributed by atoms with E-state index in [-0.39, 0.29) is 58.3 Å². The number of hydrogen-bond acceptors (Lipinski definition) is 13. The molecule has 0 amide bonds. The van der Waals surface area contributed by atoms with E-state index in [1.54, 1.807) is 27.7 Å². The molecule has 0 spiro atoms. The Bertz CT molecular complexity index is 686. The fourth-order valence-corrected chi connectivity index (χ4v) is 3.50. The van der Waals surface area contributed by atoms with Crippen LogP contribution < -0.4 is 0 Å². The maximum Gasteiger partial charge on any atom is 0.508 e. The van der Waals surface area contributed by atoms with Gasteiger partial charge >= 0.3 is 6.16 Å². The van der Waals surface area contributed by atoms with Crippen molar-refractivity contribution in [2.45, 2.75) is 104 Å². The second-order valence-electron chi connectivity index (χ2n) is 10.1. The van der Waals surface area contributed by atoms with E-state index in [4.69, 9.17) is 42.6 Å². The van der Waals surface area contributed by atoms with Crippen molar-refractivity contribution in [3.63, 3.8) is 0 Å². The van der Waals surface area contributed by atoms with Gasteiger partial charge in [-0.05, 0) is 40.5 Å². The lowest BCUT2D eigenvalue weighted by atomic mass is 9.99. The Morgan fingerprint density at radius 2 is 1.57 bits per heavy atom. The Balaban J connectivity index is 0. The second kappa shape index (κ2) is 24.4. The standard InChI is InChI=1S/C25H44O13.2C2H6/c1-24(2,37-13-20-12-34-23(29)38-20)21(28)14-32-9-18(7-8-19(31-6)11-33-16-26)10-36-25(3,4)22(15-30-5)35-17-27;2*1-2/h16-22,28H,7-15H2,1-6H3;2*1-2H3. The molecular weight excluding hydrogens is 556 g/mol. The summed E-state index contributed by atoms with van der Waals surface area (Å²) in [6.07, 6.45) is -2.00. The van der Waals surface area contributed by atoms with Crippen molar-refractivity contribution < 1.29 is 62.1 Å². The Labute approximate surface area is 251 Å². The summed E-state index contributed by atoms with van der Waals surface area (Å²) < 4.78 is 47.9. The van der Waals surface area contributed by atoms with Crippen LogP contribution in [0.25, 0.3) is 0 Å². The summed E-state index contributed by atoms with van der Waals surface area (Å²) in [5.41, 5.74) is -1.82. The van der Waals surface area contributed by atoms with Crippen LogP contribution in [0.4, 0.5) is 4.79 Å². The lowest BCUT2D eigenvalue weighted by molar-refractivity contribution is -0.168. The van der Waals surface area contributed by atoms with Crippen molar-refractivity contribution in [1.29, 1.82) is 0 Å². The first-order chi connectivity index (χ1) is 20.0. The monoisotopic (exact) mass is 612 g/mol. The predicted molar refractivity (Wildman–Crippen MR) is 154 cm³/mol. The van der Waals surface area contributed by atoms with Crippen LogP contribution >= 0.6 is 0 Å². The molecule has 0 aromatic rings. The van der Waals surface area contributed by atoms with Crippen LogP contribution in [-0.2, 0) is 52.2 Å². The zero-order valence-electron chi connectivity index (χ0n) is 27.3. The number of carbonyl (C=O) groups excluding carboxylic acids is 3. The maximum atomic E-state index is 11.1. The average Bonchev–Trinajstić information content (AvgIpc) is 3.41. The van der Waals surface area contributed by atoms with Crippen molar-refractivity contribution in [2.75, 3.05) is 60.5 Å². The van der Waals surface area contributed by atoms with E-state index in [2.05, 4.69) is 0 Å². The van der Waals surface area contributed by atoms with Gasteiger partial charge in [0.05, 0.1) is 44.7 Å².